The van der Waals surface area contributed by atoms with E-state index in [9.17, 15) is 0 Å². The molecule has 1 aliphatic rings. The molecule has 0 radical (unpaired) electrons. The summed E-state index contributed by atoms with van der Waals surface area (Å²) < 4.78 is 2.09. The van der Waals surface area contributed by atoms with Crippen molar-refractivity contribution in [2.75, 3.05) is 13.1 Å². The molecule has 4 heteroatoms. The summed E-state index contributed by atoms with van der Waals surface area (Å²) in [6, 6.07) is 6.77. The highest BCUT2D eigenvalue weighted by atomic mass is 15.2. The molecule has 3 heterocycles. The van der Waals surface area contributed by atoms with E-state index in [0.29, 0.717) is 6.04 Å². The van der Waals surface area contributed by atoms with Crippen LogP contribution >= 0.6 is 0 Å². The van der Waals surface area contributed by atoms with Crippen LogP contribution in [0.2, 0.25) is 0 Å². The maximum Gasteiger partial charge on any atom is 0.137 e. The molecular weight excluding hydrogens is 236 g/mol. The lowest BCUT2D eigenvalue weighted by Gasteiger charge is -2.35. The Morgan fingerprint density at radius 2 is 2.26 bits per heavy atom. The van der Waals surface area contributed by atoms with Crippen LogP contribution in [0, 0.1) is 0 Å². The number of aromatic nitrogens is 2. The van der Waals surface area contributed by atoms with Crippen LogP contribution in [0.5, 0.6) is 0 Å². The van der Waals surface area contributed by atoms with Crippen molar-refractivity contribution < 1.29 is 0 Å². The quantitative estimate of drug-likeness (QED) is 0.913. The first kappa shape index (κ1) is 12.6. The maximum absolute atomic E-state index is 5.73. The Balaban J connectivity index is 1.75. The van der Waals surface area contributed by atoms with Gasteiger partial charge in [0.2, 0.25) is 0 Å². The van der Waals surface area contributed by atoms with Crippen molar-refractivity contribution in [1.82, 2.24) is 14.3 Å². The molecule has 0 aliphatic carbocycles. The predicted molar refractivity (Wildman–Crippen MR) is 76.9 cm³/mol. The number of piperidine rings is 1. The third-order valence-corrected chi connectivity index (χ3v) is 4.03. The number of pyridine rings is 1. The summed E-state index contributed by atoms with van der Waals surface area (Å²) in [7, 11) is 0. The fourth-order valence-electron chi connectivity index (χ4n) is 3.06. The molecule has 0 amide bonds. The molecule has 4 nitrogen and oxygen atoms in total. The van der Waals surface area contributed by atoms with E-state index in [2.05, 4.69) is 27.8 Å². The molecular formula is C15H22N4. The fraction of sp³-hybridized carbons (Fsp3) is 0.533. The van der Waals surface area contributed by atoms with Gasteiger partial charge in [-0.15, -0.1) is 0 Å². The minimum atomic E-state index is 0.642. The summed E-state index contributed by atoms with van der Waals surface area (Å²) in [5.74, 6) is 0. The zero-order valence-electron chi connectivity index (χ0n) is 11.3. The molecule has 1 saturated heterocycles. The summed E-state index contributed by atoms with van der Waals surface area (Å²) in [6.45, 7) is 2.91. The Hall–Kier alpha value is -1.39. The third kappa shape index (κ3) is 2.80. The molecule has 0 bridgehead atoms. The molecule has 102 valence electrons. The Labute approximate surface area is 114 Å². The molecule has 0 spiro atoms. The van der Waals surface area contributed by atoms with Gasteiger partial charge in [-0.25, -0.2) is 4.98 Å². The van der Waals surface area contributed by atoms with E-state index < -0.39 is 0 Å². The van der Waals surface area contributed by atoms with E-state index in [-0.39, 0.29) is 0 Å². The van der Waals surface area contributed by atoms with Crippen molar-refractivity contribution in [3.8, 4) is 0 Å². The van der Waals surface area contributed by atoms with E-state index in [1.807, 2.05) is 12.1 Å². The SMILES string of the molecule is NCCC1CCCCN1Cc1cn2ccccc2n1. The molecule has 1 fully saturated rings. The zero-order valence-corrected chi connectivity index (χ0v) is 11.3. The van der Waals surface area contributed by atoms with Gasteiger partial charge < -0.3 is 10.1 Å². The summed E-state index contributed by atoms with van der Waals surface area (Å²) in [5.41, 5.74) is 7.92. The van der Waals surface area contributed by atoms with E-state index in [1.54, 1.807) is 0 Å². The second-order valence-electron chi connectivity index (χ2n) is 5.40. The first-order valence-electron chi connectivity index (χ1n) is 7.23. The fourth-order valence-corrected chi connectivity index (χ4v) is 3.06. The number of hydrogen-bond acceptors (Lipinski definition) is 3. The van der Waals surface area contributed by atoms with Gasteiger partial charge in [0.25, 0.3) is 0 Å². The monoisotopic (exact) mass is 258 g/mol. The Morgan fingerprint density at radius 1 is 1.32 bits per heavy atom. The van der Waals surface area contributed by atoms with Gasteiger partial charge in [0.05, 0.1) is 5.69 Å². The van der Waals surface area contributed by atoms with Gasteiger partial charge in [0.15, 0.2) is 0 Å². The van der Waals surface area contributed by atoms with Crippen LogP contribution in [-0.2, 0) is 6.54 Å². The number of fused-ring (bicyclic) bond motifs is 1. The average molecular weight is 258 g/mol. The Kier molecular flexibility index (Phi) is 3.80. The Bertz CT molecular complexity index is 499. The molecule has 0 saturated carbocycles. The Morgan fingerprint density at radius 3 is 3.11 bits per heavy atom. The molecule has 3 rings (SSSR count). The van der Waals surface area contributed by atoms with Gasteiger partial charge in [-0.1, -0.05) is 12.5 Å². The van der Waals surface area contributed by atoms with Gasteiger partial charge in [-0.3, -0.25) is 4.90 Å². The topological polar surface area (TPSA) is 46.6 Å². The van der Waals surface area contributed by atoms with Crippen molar-refractivity contribution in [3.05, 3.63) is 36.3 Å². The summed E-state index contributed by atoms with van der Waals surface area (Å²) in [4.78, 5) is 7.25. The lowest BCUT2D eigenvalue weighted by atomic mass is 9.99. The molecule has 1 unspecified atom stereocenters. The standard InChI is InChI=1S/C15H22N4/c16-8-7-14-5-1-3-9-18(14)11-13-12-19-10-4-2-6-15(19)17-13/h2,4,6,10,12,14H,1,3,5,7-9,11,16H2. The van der Waals surface area contributed by atoms with E-state index in [1.165, 1.54) is 25.8 Å². The smallest absolute Gasteiger partial charge is 0.137 e. The average Bonchev–Trinajstić information content (AvgIpc) is 2.83. The van der Waals surface area contributed by atoms with E-state index in [4.69, 9.17) is 10.7 Å². The van der Waals surface area contributed by atoms with E-state index in [0.717, 1.165) is 30.9 Å². The minimum absolute atomic E-state index is 0.642. The third-order valence-electron chi connectivity index (χ3n) is 4.03. The lowest BCUT2D eigenvalue weighted by Crippen LogP contribution is -2.40. The summed E-state index contributed by atoms with van der Waals surface area (Å²) in [6.07, 6.45) is 9.22. The number of hydrogen-bond donors (Lipinski definition) is 1. The van der Waals surface area contributed by atoms with Crippen molar-refractivity contribution in [2.45, 2.75) is 38.3 Å². The molecule has 2 aromatic heterocycles. The predicted octanol–water partition coefficient (Wildman–Crippen LogP) is 2.04. The highest BCUT2D eigenvalue weighted by Crippen LogP contribution is 2.21. The highest BCUT2D eigenvalue weighted by molar-refractivity contribution is 5.39. The molecule has 2 N–H and O–H groups in total. The van der Waals surface area contributed by atoms with Crippen molar-refractivity contribution in [2.24, 2.45) is 5.73 Å². The van der Waals surface area contributed by atoms with Gasteiger partial charge in [0.1, 0.15) is 5.65 Å². The molecule has 19 heavy (non-hydrogen) atoms. The first-order chi connectivity index (χ1) is 9.36. The van der Waals surface area contributed by atoms with Crippen molar-refractivity contribution in [1.29, 1.82) is 0 Å². The summed E-state index contributed by atoms with van der Waals surface area (Å²) in [5, 5.41) is 0. The van der Waals surface area contributed by atoms with Gasteiger partial charge in [-0.2, -0.15) is 0 Å². The number of rotatable bonds is 4. The van der Waals surface area contributed by atoms with Crippen LogP contribution in [0.15, 0.2) is 30.6 Å². The molecule has 0 aromatic carbocycles. The van der Waals surface area contributed by atoms with E-state index >= 15 is 0 Å². The van der Waals surface area contributed by atoms with Crippen LogP contribution in [0.4, 0.5) is 0 Å². The normalized spacial score (nSPS) is 21.0. The molecule has 2 aromatic rings. The van der Waals surface area contributed by atoms with Crippen LogP contribution < -0.4 is 5.73 Å². The van der Waals surface area contributed by atoms with Crippen molar-refractivity contribution in [3.63, 3.8) is 0 Å². The lowest BCUT2D eigenvalue weighted by molar-refractivity contribution is 0.132. The highest BCUT2D eigenvalue weighted by Gasteiger charge is 2.22. The number of likely N-dealkylation sites (tertiary alicyclic amines) is 1. The number of nitrogens with two attached hydrogens (primary N) is 1. The second-order valence-corrected chi connectivity index (χ2v) is 5.40. The second kappa shape index (κ2) is 5.72. The van der Waals surface area contributed by atoms with Crippen molar-refractivity contribution >= 4 is 5.65 Å². The van der Waals surface area contributed by atoms with Crippen LogP contribution in [0.25, 0.3) is 5.65 Å². The van der Waals surface area contributed by atoms with Gasteiger partial charge >= 0.3 is 0 Å². The maximum atomic E-state index is 5.73. The van der Waals surface area contributed by atoms with Crippen LogP contribution in [0.3, 0.4) is 0 Å². The van der Waals surface area contributed by atoms with Crippen LogP contribution in [-0.4, -0.2) is 33.4 Å². The number of imidazole rings is 1. The number of nitrogens with zero attached hydrogens (tertiary/aromatic N) is 3. The largest absolute Gasteiger partial charge is 0.330 e. The van der Waals surface area contributed by atoms with Gasteiger partial charge in [0, 0.05) is 25.0 Å². The minimum Gasteiger partial charge on any atom is -0.330 e. The summed E-state index contributed by atoms with van der Waals surface area (Å²) >= 11 is 0. The van der Waals surface area contributed by atoms with Gasteiger partial charge in [-0.05, 0) is 44.5 Å². The van der Waals surface area contributed by atoms with Crippen LogP contribution in [0.1, 0.15) is 31.4 Å². The molecule has 1 atom stereocenters. The first-order valence-corrected chi connectivity index (χ1v) is 7.23. The molecule has 1 aliphatic heterocycles. The zero-order chi connectivity index (χ0) is 13.1.